The standard InChI is InChI=1S/C20H31N3O2/c24-20-4-3-18-5-10-22(15-17-7-14-25-16-17)11-6-19(18)23(20)13-12-21-8-1-2-9-21/h3-4,17H,1-2,5-16H2/t17-/m0/s1. The molecule has 2 fully saturated rings. The third kappa shape index (κ3) is 4.15. The van der Waals surface area contributed by atoms with Gasteiger partial charge in [0.1, 0.15) is 0 Å². The fourth-order valence-electron chi connectivity index (χ4n) is 4.61. The SMILES string of the molecule is O=c1ccc2c(n1CCN1CCCC1)CCN(C[C@@H]1CCOC1)CC2. The van der Waals surface area contributed by atoms with Gasteiger partial charge in [0.2, 0.25) is 0 Å². The molecule has 1 aromatic rings. The van der Waals surface area contributed by atoms with Crippen molar-refractivity contribution in [1.29, 1.82) is 0 Å². The van der Waals surface area contributed by atoms with Gasteiger partial charge in [0, 0.05) is 57.5 Å². The van der Waals surface area contributed by atoms with Crippen molar-refractivity contribution in [2.45, 2.75) is 38.6 Å². The molecule has 0 amide bonds. The van der Waals surface area contributed by atoms with Gasteiger partial charge in [-0.2, -0.15) is 0 Å². The topological polar surface area (TPSA) is 37.7 Å². The van der Waals surface area contributed by atoms with Gasteiger partial charge in [0.05, 0.1) is 6.61 Å². The summed E-state index contributed by atoms with van der Waals surface area (Å²) in [7, 11) is 0. The van der Waals surface area contributed by atoms with E-state index >= 15 is 0 Å². The average molecular weight is 345 g/mol. The maximum Gasteiger partial charge on any atom is 0.250 e. The van der Waals surface area contributed by atoms with Crippen molar-refractivity contribution in [3.05, 3.63) is 33.7 Å². The summed E-state index contributed by atoms with van der Waals surface area (Å²) in [5, 5.41) is 0. The van der Waals surface area contributed by atoms with Gasteiger partial charge in [0.15, 0.2) is 0 Å². The second-order valence-electron chi connectivity index (χ2n) is 7.87. The number of nitrogens with zero attached hydrogens (tertiary/aromatic N) is 3. The van der Waals surface area contributed by atoms with Crippen molar-refractivity contribution in [3.8, 4) is 0 Å². The van der Waals surface area contributed by atoms with Gasteiger partial charge in [-0.25, -0.2) is 0 Å². The zero-order valence-electron chi connectivity index (χ0n) is 15.3. The van der Waals surface area contributed by atoms with E-state index in [1.807, 2.05) is 0 Å². The first-order chi connectivity index (χ1) is 12.3. The molecule has 1 aromatic heterocycles. The molecule has 0 aliphatic carbocycles. The molecule has 3 aliphatic rings. The summed E-state index contributed by atoms with van der Waals surface area (Å²) in [6, 6.07) is 3.86. The average Bonchev–Trinajstić information content (AvgIpc) is 3.27. The van der Waals surface area contributed by atoms with E-state index < -0.39 is 0 Å². The van der Waals surface area contributed by atoms with Crippen LogP contribution in [0.15, 0.2) is 16.9 Å². The molecular weight excluding hydrogens is 314 g/mol. The summed E-state index contributed by atoms with van der Waals surface area (Å²) >= 11 is 0. The molecule has 4 heterocycles. The highest BCUT2D eigenvalue weighted by molar-refractivity contribution is 5.23. The van der Waals surface area contributed by atoms with E-state index in [0.717, 1.165) is 58.8 Å². The fourth-order valence-corrected chi connectivity index (χ4v) is 4.61. The lowest BCUT2D eigenvalue weighted by Crippen LogP contribution is -2.33. The van der Waals surface area contributed by atoms with Gasteiger partial charge in [-0.3, -0.25) is 4.79 Å². The molecule has 0 bridgehead atoms. The monoisotopic (exact) mass is 345 g/mol. The van der Waals surface area contributed by atoms with Crippen molar-refractivity contribution in [3.63, 3.8) is 0 Å². The number of fused-ring (bicyclic) bond motifs is 1. The van der Waals surface area contributed by atoms with Crippen LogP contribution >= 0.6 is 0 Å². The van der Waals surface area contributed by atoms with Crippen LogP contribution in [-0.2, 0) is 24.1 Å². The molecular formula is C20H31N3O2. The highest BCUT2D eigenvalue weighted by atomic mass is 16.5. The summed E-state index contributed by atoms with van der Waals surface area (Å²) in [6.07, 6.45) is 5.87. The molecule has 5 nitrogen and oxygen atoms in total. The van der Waals surface area contributed by atoms with Crippen LogP contribution < -0.4 is 5.56 Å². The third-order valence-electron chi connectivity index (χ3n) is 6.13. The quantitative estimate of drug-likeness (QED) is 0.808. The van der Waals surface area contributed by atoms with Crippen LogP contribution in [0.5, 0.6) is 0 Å². The molecule has 0 N–H and O–H groups in total. The molecule has 4 rings (SSSR count). The lowest BCUT2D eigenvalue weighted by atomic mass is 10.1. The first-order valence-corrected chi connectivity index (χ1v) is 10.0. The van der Waals surface area contributed by atoms with Crippen LogP contribution in [0, 0.1) is 5.92 Å². The van der Waals surface area contributed by atoms with Gasteiger partial charge in [-0.05, 0) is 50.3 Å². The number of hydrogen-bond acceptors (Lipinski definition) is 4. The van der Waals surface area contributed by atoms with Crippen LogP contribution in [0.4, 0.5) is 0 Å². The Morgan fingerprint density at radius 2 is 1.84 bits per heavy atom. The highest BCUT2D eigenvalue weighted by Crippen LogP contribution is 2.19. The summed E-state index contributed by atoms with van der Waals surface area (Å²) < 4.78 is 7.60. The van der Waals surface area contributed by atoms with Gasteiger partial charge in [-0.1, -0.05) is 6.07 Å². The predicted octanol–water partition coefficient (Wildman–Crippen LogP) is 1.38. The zero-order chi connectivity index (χ0) is 17.1. The largest absolute Gasteiger partial charge is 0.381 e. The van der Waals surface area contributed by atoms with E-state index in [0.29, 0.717) is 5.92 Å². The Morgan fingerprint density at radius 1 is 1.00 bits per heavy atom. The second-order valence-corrected chi connectivity index (χ2v) is 7.87. The van der Waals surface area contributed by atoms with E-state index in [2.05, 4.69) is 20.4 Å². The molecule has 5 heteroatoms. The van der Waals surface area contributed by atoms with Crippen LogP contribution in [0.3, 0.4) is 0 Å². The first kappa shape index (κ1) is 17.3. The number of likely N-dealkylation sites (tertiary alicyclic amines) is 1. The minimum Gasteiger partial charge on any atom is -0.381 e. The Balaban J connectivity index is 1.43. The minimum atomic E-state index is 0.176. The van der Waals surface area contributed by atoms with Crippen molar-refractivity contribution in [2.24, 2.45) is 5.92 Å². The number of ether oxygens (including phenoxy) is 1. The highest BCUT2D eigenvalue weighted by Gasteiger charge is 2.22. The Bertz CT molecular complexity index is 630. The molecule has 3 aliphatic heterocycles. The van der Waals surface area contributed by atoms with Gasteiger partial charge in [0.25, 0.3) is 5.56 Å². The van der Waals surface area contributed by atoms with Gasteiger partial charge < -0.3 is 19.1 Å². The predicted molar refractivity (Wildman–Crippen MR) is 99.2 cm³/mol. The minimum absolute atomic E-state index is 0.176. The zero-order valence-corrected chi connectivity index (χ0v) is 15.3. The molecule has 1 atom stereocenters. The smallest absolute Gasteiger partial charge is 0.250 e. The number of pyridine rings is 1. The van der Waals surface area contributed by atoms with E-state index in [4.69, 9.17) is 4.74 Å². The normalized spacial score (nSPS) is 25.2. The Kier molecular flexibility index (Phi) is 5.54. The molecule has 0 radical (unpaired) electrons. The van der Waals surface area contributed by atoms with E-state index in [-0.39, 0.29) is 5.56 Å². The molecule has 0 saturated carbocycles. The van der Waals surface area contributed by atoms with E-state index in [1.54, 1.807) is 6.07 Å². The van der Waals surface area contributed by atoms with Gasteiger partial charge in [-0.15, -0.1) is 0 Å². The third-order valence-corrected chi connectivity index (χ3v) is 6.13. The maximum atomic E-state index is 12.5. The molecule has 2 saturated heterocycles. The van der Waals surface area contributed by atoms with E-state index in [1.165, 1.54) is 43.6 Å². The summed E-state index contributed by atoms with van der Waals surface area (Å²) in [6.45, 7) is 9.41. The number of hydrogen-bond donors (Lipinski definition) is 0. The van der Waals surface area contributed by atoms with Gasteiger partial charge >= 0.3 is 0 Å². The Hall–Kier alpha value is -1.17. The lowest BCUT2D eigenvalue weighted by Gasteiger charge is -2.22. The first-order valence-electron chi connectivity index (χ1n) is 10.0. The van der Waals surface area contributed by atoms with Crippen LogP contribution in [0.2, 0.25) is 0 Å². The van der Waals surface area contributed by atoms with Crippen LogP contribution in [0.1, 0.15) is 30.5 Å². The number of rotatable bonds is 5. The van der Waals surface area contributed by atoms with Crippen molar-refractivity contribution < 1.29 is 4.74 Å². The molecule has 0 unspecified atom stereocenters. The fraction of sp³-hybridized carbons (Fsp3) is 0.750. The van der Waals surface area contributed by atoms with Crippen molar-refractivity contribution in [2.75, 3.05) is 52.5 Å². The molecule has 25 heavy (non-hydrogen) atoms. The summed E-state index contributed by atoms with van der Waals surface area (Å²) in [4.78, 5) is 17.6. The van der Waals surface area contributed by atoms with Crippen LogP contribution in [0.25, 0.3) is 0 Å². The number of aromatic nitrogens is 1. The molecule has 0 spiro atoms. The Labute approximate surface area is 150 Å². The van der Waals surface area contributed by atoms with E-state index in [9.17, 15) is 4.79 Å². The lowest BCUT2D eigenvalue weighted by molar-refractivity contribution is 0.168. The van der Waals surface area contributed by atoms with Crippen molar-refractivity contribution >= 4 is 0 Å². The molecule has 138 valence electrons. The molecule has 0 aromatic carbocycles. The maximum absolute atomic E-state index is 12.5. The van der Waals surface area contributed by atoms with Crippen molar-refractivity contribution in [1.82, 2.24) is 14.4 Å². The second kappa shape index (κ2) is 8.02. The summed E-state index contributed by atoms with van der Waals surface area (Å²) in [5.74, 6) is 0.693. The van der Waals surface area contributed by atoms with Crippen LogP contribution in [-0.4, -0.2) is 66.8 Å². The summed E-state index contributed by atoms with van der Waals surface area (Å²) in [5.41, 5.74) is 2.85. The Morgan fingerprint density at radius 3 is 2.64 bits per heavy atom.